The third-order valence-corrected chi connectivity index (χ3v) is 2.15. The molecular formula is C11H19N3O. The minimum absolute atomic E-state index is 0.0466. The summed E-state index contributed by atoms with van der Waals surface area (Å²) in [6, 6.07) is 1.75. The molecule has 0 aliphatic carbocycles. The van der Waals surface area contributed by atoms with E-state index in [4.69, 9.17) is 10.5 Å². The number of nitrogens with zero attached hydrogens (tertiary/aromatic N) is 2. The predicted molar refractivity (Wildman–Crippen MR) is 60.4 cm³/mol. The minimum Gasteiger partial charge on any atom is -0.384 e. The van der Waals surface area contributed by atoms with Crippen molar-refractivity contribution in [2.45, 2.75) is 33.8 Å². The highest BCUT2D eigenvalue weighted by molar-refractivity contribution is 5.29. The van der Waals surface area contributed by atoms with Gasteiger partial charge in [-0.3, -0.25) is 0 Å². The Labute approximate surface area is 90.9 Å². The molecule has 0 aromatic carbocycles. The van der Waals surface area contributed by atoms with Crippen LogP contribution in [0.1, 0.15) is 38.4 Å². The number of aryl methyl sites for hydroxylation is 1. The van der Waals surface area contributed by atoms with Crippen molar-refractivity contribution in [3.8, 4) is 0 Å². The van der Waals surface area contributed by atoms with E-state index in [0.29, 0.717) is 11.6 Å². The van der Waals surface area contributed by atoms with E-state index in [1.54, 1.807) is 13.2 Å². The van der Waals surface area contributed by atoms with Crippen molar-refractivity contribution in [2.75, 3.05) is 12.8 Å². The summed E-state index contributed by atoms with van der Waals surface area (Å²) in [6.45, 7) is 8.16. The molecule has 0 aliphatic rings. The second kappa shape index (κ2) is 4.14. The second-order valence-corrected chi connectivity index (χ2v) is 4.77. The van der Waals surface area contributed by atoms with Crippen LogP contribution < -0.4 is 5.73 Å². The van der Waals surface area contributed by atoms with Crippen molar-refractivity contribution in [3.63, 3.8) is 0 Å². The Morgan fingerprint density at radius 2 is 1.93 bits per heavy atom. The van der Waals surface area contributed by atoms with Gasteiger partial charge in [0.05, 0.1) is 0 Å². The van der Waals surface area contributed by atoms with Gasteiger partial charge in [-0.25, -0.2) is 9.97 Å². The van der Waals surface area contributed by atoms with Crippen molar-refractivity contribution >= 4 is 5.82 Å². The predicted octanol–water partition coefficient (Wildman–Crippen LogP) is 2.10. The van der Waals surface area contributed by atoms with Gasteiger partial charge >= 0.3 is 0 Å². The third-order valence-electron chi connectivity index (χ3n) is 2.15. The molecule has 0 spiro atoms. The number of methoxy groups -OCH3 is 1. The molecule has 0 aliphatic heterocycles. The number of rotatable bonds is 2. The molecule has 0 amide bonds. The monoisotopic (exact) mass is 209 g/mol. The number of nitrogen functional groups attached to an aromatic ring is 1. The van der Waals surface area contributed by atoms with Gasteiger partial charge < -0.3 is 10.5 Å². The van der Waals surface area contributed by atoms with Crippen molar-refractivity contribution in [1.82, 2.24) is 9.97 Å². The first kappa shape index (κ1) is 11.9. The highest BCUT2D eigenvalue weighted by Crippen LogP contribution is 2.33. The van der Waals surface area contributed by atoms with Gasteiger partial charge in [0.1, 0.15) is 11.9 Å². The molecular weight excluding hydrogens is 190 g/mol. The van der Waals surface area contributed by atoms with E-state index >= 15 is 0 Å². The number of anilines is 1. The van der Waals surface area contributed by atoms with Crippen LogP contribution in [-0.2, 0) is 4.74 Å². The lowest BCUT2D eigenvalue weighted by molar-refractivity contribution is 0.00866. The lowest BCUT2D eigenvalue weighted by Gasteiger charge is -2.28. The van der Waals surface area contributed by atoms with Crippen molar-refractivity contribution in [3.05, 3.63) is 17.6 Å². The fraction of sp³-hybridized carbons (Fsp3) is 0.636. The van der Waals surface area contributed by atoms with Crippen LogP contribution in [0, 0.1) is 12.3 Å². The molecule has 2 N–H and O–H groups in total. The minimum atomic E-state index is -0.139. The zero-order chi connectivity index (χ0) is 11.6. The van der Waals surface area contributed by atoms with Crippen LogP contribution in [0.25, 0.3) is 0 Å². The average Bonchev–Trinajstić information content (AvgIpc) is 1.99. The molecule has 0 bridgehead atoms. The van der Waals surface area contributed by atoms with E-state index in [1.165, 1.54) is 0 Å². The highest BCUT2D eigenvalue weighted by Gasteiger charge is 2.28. The molecule has 0 saturated heterocycles. The summed E-state index contributed by atoms with van der Waals surface area (Å²) < 4.78 is 5.43. The smallest absolute Gasteiger partial charge is 0.160 e. The van der Waals surface area contributed by atoms with Gasteiger partial charge in [0.15, 0.2) is 5.82 Å². The molecule has 0 saturated carbocycles. The lowest BCUT2D eigenvalue weighted by Crippen LogP contribution is -2.23. The van der Waals surface area contributed by atoms with E-state index in [2.05, 4.69) is 30.7 Å². The number of ether oxygens (including phenoxy) is 1. The number of nitrogens with two attached hydrogens (primary N) is 1. The van der Waals surface area contributed by atoms with Crippen LogP contribution >= 0.6 is 0 Å². The molecule has 4 heteroatoms. The van der Waals surface area contributed by atoms with E-state index in [1.807, 2.05) is 6.92 Å². The van der Waals surface area contributed by atoms with Gasteiger partial charge in [-0.2, -0.15) is 0 Å². The molecule has 15 heavy (non-hydrogen) atoms. The van der Waals surface area contributed by atoms with Crippen LogP contribution in [0.15, 0.2) is 6.07 Å². The molecule has 1 unspecified atom stereocenters. The fourth-order valence-corrected chi connectivity index (χ4v) is 1.58. The van der Waals surface area contributed by atoms with Crippen LogP contribution in [0.3, 0.4) is 0 Å². The Hall–Kier alpha value is -1.16. The topological polar surface area (TPSA) is 61.0 Å². The lowest BCUT2D eigenvalue weighted by atomic mass is 9.88. The number of hydrogen-bond donors (Lipinski definition) is 1. The van der Waals surface area contributed by atoms with Gasteiger partial charge in [0, 0.05) is 18.9 Å². The van der Waals surface area contributed by atoms with Crippen LogP contribution in [0.5, 0.6) is 0 Å². The average molecular weight is 209 g/mol. The maximum Gasteiger partial charge on any atom is 0.160 e. The van der Waals surface area contributed by atoms with Crippen LogP contribution in [-0.4, -0.2) is 17.1 Å². The molecule has 1 aromatic rings. The zero-order valence-electron chi connectivity index (χ0n) is 10.0. The van der Waals surface area contributed by atoms with Crippen molar-refractivity contribution in [2.24, 2.45) is 5.41 Å². The maximum absolute atomic E-state index is 5.69. The van der Waals surface area contributed by atoms with E-state index in [-0.39, 0.29) is 11.5 Å². The molecule has 0 radical (unpaired) electrons. The van der Waals surface area contributed by atoms with Crippen molar-refractivity contribution in [1.29, 1.82) is 0 Å². The molecule has 4 nitrogen and oxygen atoms in total. The Kier molecular flexibility index (Phi) is 3.29. The van der Waals surface area contributed by atoms with E-state index in [9.17, 15) is 0 Å². The summed E-state index contributed by atoms with van der Waals surface area (Å²) in [5, 5.41) is 0. The first-order chi connectivity index (χ1) is 6.84. The summed E-state index contributed by atoms with van der Waals surface area (Å²) >= 11 is 0. The number of aromatic nitrogens is 2. The quantitative estimate of drug-likeness (QED) is 0.810. The molecule has 1 aromatic heterocycles. The Bertz CT molecular complexity index is 324. The maximum atomic E-state index is 5.69. The summed E-state index contributed by atoms with van der Waals surface area (Å²) in [5.74, 6) is 1.14. The van der Waals surface area contributed by atoms with Crippen LogP contribution in [0.2, 0.25) is 0 Å². The third kappa shape index (κ3) is 2.89. The summed E-state index contributed by atoms with van der Waals surface area (Å²) in [4.78, 5) is 8.57. The Balaban J connectivity index is 3.13. The normalized spacial score (nSPS) is 13.9. The van der Waals surface area contributed by atoms with E-state index < -0.39 is 0 Å². The highest BCUT2D eigenvalue weighted by atomic mass is 16.5. The molecule has 1 heterocycles. The summed E-state index contributed by atoms with van der Waals surface area (Å²) in [5.41, 5.74) is 6.51. The van der Waals surface area contributed by atoms with Gasteiger partial charge in [-0.15, -0.1) is 0 Å². The first-order valence-corrected chi connectivity index (χ1v) is 4.98. The van der Waals surface area contributed by atoms with Crippen molar-refractivity contribution < 1.29 is 4.74 Å². The Morgan fingerprint density at radius 1 is 1.33 bits per heavy atom. The van der Waals surface area contributed by atoms with Gasteiger partial charge in [0.25, 0.3) is 0 Å². The van der Waals surface area contributed by atoms with Gasteiger partial charge in [0.2, 0.25) is 0 Å². The summed E-state index contributed by atoms with van der Waals surface area (Å²) in [6.07, 6.45) is -0.139. The van der Waals surface area contributed by atoms with Gasteiger partial charge in [-0.05, 0) is 12.3 Å². The summed E-state index contributed by atoms with van der Waals surface area (Å²) in [7, 11) is 1.66. The van der Waals surface area contributed by atoms with Crippen LogP contribution in [0.4, 0.5) is 5.82 Å². The van der Waals surface area contributed by atoms with E-state index in [0.717, 1.165) is 5.69 Å². The molecule has 84 valence electrons. The standard InChI is InChI=1S/C11H19N3O/c1-7-6-8(12)14-10(13-7)9(15-5)11(2,3)4/h6,9H,1-5H3,(H2,12,13,14). The SMILES string of the molecule is COC(c1nc(C)cc(N)n1)C(C)(C)C. The largest absolute Gasteiger partial charge is 0.384 e. The molecule has 1 atom stereocenters. The second-order valence-electron chi connectivity index (χ2n) is 4.77. The molecule has 0 fully saturated rings. The zero-order valence-corrected chi connectivity index (χ0v) is 10.0. The Morgan fingerprint density at radius 3 is 2.33 bits per heavy atom. The first-order valence-electron chi connectivity index (χ1n) is 4.98. The number of hydrogen-bond acceptors (Lipinski definition) is 4. The molecule has 1 rings (SSSR count). The fourth-order valence-electron chi connectivity index (χ4n) is 1.58. The van der Waals surface area contributed by atoms with Gasteiger partial charge in [-0.1, -0.05) is 20.8 Å².